The third-order valence-corrected chi connectivity index (χ3v) is 4.61. The molecule has 4 rings (SSSR count). The summed E-state index contributed by atoms with van der Waals surface area (Å²) in [5, 5.41) is 12.5. The predicted octanol–water partition coefficient (Wildman–Crippen LogP) is 3.10. The van der Waals surface area contributed by atoms with Crippen molar-refractivity contribution in [2.75, 3.05) is 13.1 Å². The molecule has 1 amide bonds. The van der Waals surface area contributed by atoms with Crippen LogP contribution >= 0.6 is 0 Å². The molecule has 27 heavy (non-hydrogen) atoms. The minimum Gasteiger partial charge on any atom is -0.336 e. The van der Waals surface area contributed by atoms with E-state index in [4.69, 9.17) is 0 Å². The fourth-order valence-electron chi connectivity index (χ4n) is 3.23. The van der Waals surface area contributed by atoms with Gasteiger partial charge in [0.2, 0.25) is 5.82 Å². The number of carbonyl (C=O) groups is 1. The fourth-order valence-corrected chi connectivity index (χ4v) is 3.23. The lowest BCUT2D eigenvalue weighted by Crippen LogP contribution is -2.41. The number of halogens is 2. The number of nitrogens with zero attached hydrogens (tertiary/aromatic N) is 5. The zero-order valence-electron chi connectivity index (χ0n) is 14.4. The summed E-state index contributed by atoms with van der Waals surface area (Å²) >= 11 is 0. The zero-order valence-corrected chi connectivity index (χ0v) is 14.4. The summed E-state index contributed by atoms with van der Waals surface area (Å²) in [5.74, 6) is -0.543. The van der Waals surface area contributed by atoms with Crippen molar-refractivity contribution < 1.29 is 13.6 Å². The Morgan fingerprint density at radius 1 is 1.07 bits per heavy atom. The maximum absolute atomic E-state index is 13.4. The summed E-state index contributed by atoms with van der Waals surface area (Å²) in [4.78, 5) is 15.9. The molecule has 6 nitrogen and oxygen atoms in total. The van der Waals surface area contributed by atoms with Crippen LogP contribution in [0.5, 0.6) is 0 Å². The lowest BCUT2D eigenvalue weighted by Gasteiger charge is -2.31. The highest BCUT2D eigenvalue weighted by atomic mass is 19.1. The highest BCUT2D eigenvalue weighted by Gasteiger charge is 2.27. The van der Waals surface area contributed by atoms with Crippen molar-refractivity contribution in [1.82, 2.24) is 25.1 Å². The quantitative estimate of drug-likeness (QED) is 0.712. The van der Waals surface area contributed by atoms with Crippen LogP contribution in [-0.2, 0) is 0 Å². The van der Waals surface area contributed by atoms with Gasteiger partial charge in [0.1, 0.15) is 11.6 Å². The maximum Gasteiger partial charge on any atom is 0.253 e. The molecule has 0 aliphatic carbocycles. The molecule has 0 radical (unpaired) electrons. The van der Waals surface area contributed by atoms with Crippen LogP contribution in [0.1, 0.15) is 29.2 Å². The molecule has 8 heteroatoms. The normalized spacial score (nSPS) is 17.1. The monoisotopic (exact) mass is 369 g/mol. The molecule has 0 N–H and O–H groups in total. The highest BCUT2D eigenvalue weighted by molar-refractivity contribution is 5.94. The molecule has 1 aliphatic rings. The topological polar surface area (TPSA) is 63.9 Å². The molecule has 0 saturated carbocycles. The Labute approximate surface area is 154 Å². The molecular formula is C19H17F2N5O. The van der Waals surface area contributed by atoms with Crippen molar-refractivity contribution in [3.8, 4) is 11.4 Å². The van der Waals surface area contributed by atoms with E-state index in [9.17, 15) is 13.6 Å². The number of hydrogen-bond donors (Lipinski definition) is 0. The van der Waals surface area contributed by atoms with Gasteiger partial charge >= 0.3 is 0 Å². The van der Waals surface area contributed by atoms with Crippen molar-refractivity contribution in [3.05, 3.63) is 65.7 Å². The summed E-state index contributed by atoms with van der Waals surface area (Å²) in [6.45, 7) is 1.06. The Morgan fingerprint density at radius 2 is 1.89 bits per heavy atom. The van der Waals surface area contributed by atoms with Gasteiger partial charge in [0.15, 0.2) is 0 Å². The summed E-state index contributed by atoms with van der Waals surface area (Å²) in [6, 6.07) is 11.4. The molecule has 0 spiro atoms. The van der Waals surface area contributed by atoms with Crippen LogP contribution in [0.15, 0.2) is 48.5 Å². The van der Waals surface area contributed by atoms with Gasteiger partial charge in [-0.05, 0) is 54.5 Å². The molecular weight excluding hydrogens is 352 g/mol. The smallest absolute Gasteiger partial charge is 0.253 e. The van der Waals surface area contributed by atoms with E-state index < -0.39 is 0 Å². The summed E-state index contributed by atoms with van der Waals surface area (Å²) in [5.41, 5.74) is 1.00. The minimum absolute atomic E-state index is 0.113. The molecule has 2 heterocycles. The van der Waals surface area contributed by atoms with E-state index in [1.165, 1.54) is 41.2 Å². The first-order valence-corrected chi connectivity index (χ1v) is 8.70. The molecule has 0 bridgehead atoms. The Morgan fingerprint density at radius 3 is 2.67 bits per heavy atom. The summed E-state index contributed by atoms with van der Waals surface area (Å²) in [6.07, 6.45) is 1.61. The van der Waals surface area contributed by atoms with Crippen LogP contribution in [0.2, 0.25) is 0 Å². The predicted molar refractivity (Wildman–Crippen MR) is 93.8 cm³/mol. The summed E-state index contributed by atoms with van der Waals surface area (Å²) in [7, 11) is 0. The largest absolute Gasteiger partial charge is 0.336 e. The second-order valence-electron chi connectivity index (χ2n) is 6.50. The SMILES string of the molecule is O=C(c1ccc(F)cc1)N1CCCC(n2nnc(-c3cccc(F)c3)n2)C1. The number of amides is 1. The maximum atomic E-state index is 13.4. The van der Waals surface area contributed by atoms with Gasteiger partial charge in [0.25, 0.3) is 5.91 Å². The second kappa shape index (κ2) is 7.22. The van der Waals surface area contributed by atoms with Crippen LogP contribution in [0.4, 0.5) is 8.78 Å². The van der Waals surface area contributed by atoms with Crippen LogP contribution in [-0.4, -0.2) is 44.1 Å². The third-order valence-electron chi connectivity index (χ3n) is 4.61. The van der Waals surface area contributed by atoms with Gasteiger partial charge in [-0.1, -0.05) is 12.1 Å². The van der Waals surface area contributed by atoms with Crippen molar-refractivity contribution >= 4 is 5.91 Å². The van der Waals surface area contributed by atoms with E-state index in [-0.39, 0.29) is 23.6 Å². The first-order chi connectivity index (χ1) is 13.1. The summed E-state index contributed by atoms with van der Waals surface area (Å²) < 4.78 is 26.5. The Balaban J connectivity index is 1.50. The van der Waals surface area contributed by atoms with E-state index in [1.807, 2.05) is 0 Å². The van der Waals surface area contributed by atoms with Gasteiger partial charge < -0.3 is 4.90 Å². The molecule has 1 saturated heterocycles. The molecule has 3 aromatic rings. The van der Waals surface area contributed by atoms with Crippen LogP contribution in [0.25, 0.3) is 11.4 Å². The minimum atomic E-state index is -0.375. The van der Waals surface area contributed by atoms with Crippen LogP contribution in [0.3, 0.4) is 0 Å². The first kappa shape index (κ1) is 17.3. The van der Waals surface area contributed by atoms with Gasteiger partial charge in [-0.15, -0.1) is 10.2 Å². The third kappa shape index (κ3) is 3.69. The van der Waals surface area contributed by atoms with Gasteiger partial charge in [-0.3, -0.25) is 4.79 Å². The number of carbonyl (C=O) groups excluding carboxylic acids is 1. The Kier molecular flexibility index (Phi) is 4.62. The average Bonchev–Trinajstić information content (AvgIpc) is 3.18. The van der Waals surface area contributed by atoms with Crippen molar-refractivity contribution in [1.29, 1.82) is 0 Å². The second-order valence-corrected chi connectivity index (χ2v) is 6.50. The van der Waals surface area contributed by atoms with E-state index >= 15 is 0 Å². The fraction of sp³-hybridized carbons (Fsp3) is 0.263. The number of aromatic nitrogens is 4. The number of rotatable bonds is 3. The molecule has 2 aromatic carbocycles. The highest BCUT2D eigenvalue weighted by Crippen LogP contribution is 2.23. The van der Waals surface area contributed by atoms with Gasteiger partial charge in [-0.2, -0.15) is 4.80 Å². The number of tetrazole rings is 1. The van der Waals surface area contributed by atoms with Crippen LogP contribution in [0, 0.1) is 11.6 Å². The molecule has 138 valence electrons. The lowest BCUT2D eigenvalue weighted by molar-refractivity contribution is 0.0663. The number of piperidine rings is 1. The van der Waals surface area contributed by atoms with E-state index in [1.54, 1.807) is 17.0 Å². The number of hydrogen-bond acceptors (Lipinski definition) is 4. The van der Waals surface area contributed by atoms with Gasteiger partial charge in [0, 0.05) is 24.2 Å². The van der Waals surface area contributed by atoms with E-state index in [2.05, 4.69) is 15.4 Å². The van der Waals surface area contributed by atoms with E-state index in [0.29, 0.717) is 30.0 Å². The molecule has 1 fully saturated rings. The molecule has 1 unspecified atom stereocenters. The molecule has 1 atom stereocenters. The first-order valence-electron chi connectivity index (χ1n) is 8.70. The van der Waals surface area contributed by atoms with Crippen molar-refractivity contribution in [3.63, 3.8) is 0 Å². The number of likely N-dealkylation sites (tertiary alicyclic amines) is 1. The molecule has 1 aromatic heterocycles. The van der Waals surface area contributed by atoms with Gasteiger partial charge in [-0.25, -0.2) is 8.78 Å². The van der Waals surface area contributed by atoms with Crippen LogP contribution < -0.4 is 0 Å². The van der Waals surface area contributed by atoms with Gasteiger partial charge in [0.05, 0.1) is 6.04 Å². The Hall–Kier alpha value is -3.16. The average molecular weight is 369 g/mol. The van der Waals surface area contributed by atoms with Crippen molar-refractivity contribution in [2.45, 2.75) is 18.9 Å². The van der Waals surface area contributed by atoms with Crippen molar-refractivity contribution in [2.24, 2.45) is 0 Å². The molecule has 1 aliphatic heterocycles. The number of benzene rings is 2. The zero-order chi connectivity index (χ0) is 18.8. The lowest BCUT2D eigenvalue weighted by atomic mass is 10.0. The standard InChI is InChI=1S/C19H17F2N5O/c20-15-8-6-13(7-9-15)19(27)25-10-2-5-17(12-25)26-23-18(22-24-26)14-3-1-4-16(21)11-14/h1,3-4,6-9,11,17H,2,5,10,12H2. The van der Waals surface area contributed by atoms with E-state index in [0.717, 1.165) is 12.8 Å². The Bertz CT molecular complexity index is 957.